The van der Waals surface area contributed by atoms with Crippen molar-refractivity contribution in [3.63, 3.8) is 0 Å². The summed E-state index contributed by atoms with van der Waals surface area (Å²) in [6.07, 6.45) is 3.52. The molecule has 31 heavy (non-hydrogen) atoms. The second-order valence-corrected chi connectivity index (χ2v) is 7.36. The second kappa shape index (κ2) is 7.90. The summed E-state index contributed by atoms with van der Waals surface area (Å²) in [5.74, 6) is -1.75. The maximum absolute atomic E-state index is 14.0. The fourth-order valence-corrected chi connectivity index (χ4v) is 3.30. The van der Waals surface area contributed by atoms with Crippen LogP contribution in [-0.2, 0) is 6.61 Å². The number of rotatable bonds is 5. The molecule has 0 aliphatic heterocycles. The Balaban J connectivity index is 1.78. The van der Waals surface area contributed by atoms with Gasteiger partial charge in [-0.15, -0.1) is 0 Å². The molecule has 0 saturated heterocycles. The van der Waals surface area contributed by atoms with Crippen LogP contribution in [0, 0.1) is 31.3 Å². The summed E-state index contributed by atoms with van der Waals surface area (Å²) < 4.78 is 49.0. The number of anilines is 1. The summed E-state index contributed by atoms with van der Waals surface area (Å²) in [6, 6.07) is 5.11. The van der Waals surface area contributed by atoms with E-state index < -0.39 is 29.6 Å². The lowest BCUT2D eigenvalue weighted by molar-refractivity contribution is 0.291. The van der Waals surface area contributed by atoms with Crippen LogP contribution in [0.1, 0.15) is 16.8 Å². The van der Waals surface area contributed by atoms with E-state index in [1.807, 2.05) is 39.0 Å². The SMILES string of the molecule is Cc1cc(OCc2c(F)ccc(F)c2F)c2nc(C)c(-c3nccc(N(C)C)n3)n2c1. The highest BCUT2D eigenvalue weighted by Gasteiger charge is 2.19. The molecule has 0 N–H and O–H groups in total. The van der Waals surface area contributed by atoms with Crippen LogP contribution >= 0.6 is 0 Å². The Morgan fingerprint density at radius 1 is 1.03 bits per heavy atom. The lowest BCUT2D eigenvalue weighted by Gasteiger charge is -2.13. The molecule has 0 fully saturated rings. The van der Waals surface area contributed by atoms with E-state index in [9.17, 15) is 13.2 Å². The molecule has 160 valence electrons. The molecule has 0 atom stereocenters. The number of pyridine rings is 1. The van der Waals surface area contributed by atoms with E-state index in [0.717, 1.165) is 23.5 Å². The van der Waals surface area contributed by atoms with Gasteiger partial charge in [0.1, 0.15) is 23.9 Å². The van der Waals surface area contributed by atoms with Crippen molar-refractivity contribution in [2.24, 2.45) is 0 Å². The maximum Gasteiger partial charge on any atom is 0.180 e. The molecule has 9 heteroatoms. The second-order valence-electron chi connectivity index (χ2n) is 7.36. The standard InChI is InChI=1S/C22H20F3N5O/c1-12-9-17(31-11-14-15(23)5-6-16(24)19(14)25)22-27-13(2)20(30(22)10-12)21-26-8-7-18(28-21)29(3)4/h5-10H,11H2,1-4H3. The Morgan fingerprint density at radius 3 is 2.52 bits per heavy atom. The van der Waals surface area contributed by atoms with Gasteiger partial charge in [0.2, 0.25) is 0 Å². The van der Waals surface area contributed by atoms with Crippen LogP contribution in [-0.4, -0.2) is 33.4 Å². The molecule has 1 aromatic carbocycles. The van der Waals surface area contributed by atoms with Crippen molar-refractivity contribution in [2.75, 3.05) is 19.0 Å². The number of nitrogens with zero attached hydrogens (tertiary/aromatic N) is 5. The van der Waals surface area contributed by atoms with Gasteiger partial charge in [-0.3, -0.25) is 4.40 Å². The van der Waals surface area contributed by atoms with Crippen molar-refractivity contribution in [3.8, 4) is 17.3 Å². The number of ether oxygens (including phenoxy) is 1. The molecule has 0 radical (unpaired) electrons. The van der Waals surface area contributed by atoms with E-state index in [4.69, 9.17) is 4.74 Å². The minimum Gasteiger partial charge on any atom is -0.485 e. The van der Waals surface area contributed by atoms with Gasteiger partial charge in [0.05, 0.1) is 11.3 Å². The van der Waals surface area contributed by atoms with E-state index in [1.54, 1.807) is 22.7 Å². The maximum atomic E-state index is 14.0. The summed E-state index contributed by atoms with van der Waals surface area (Å²) >= 11 is 0. The Labute approximate surface area is 177 Å². The quantitative estimate of drug-likeness (QED) is 0.440. The summed E-state index contributed by atoms with van der Waals surface area (Å²) in [4.78, 5) is 15.4. The average molecular weight is 427 g/mol. The molecule has 0 aliphatic rings. The number of imidazole rings is 1. The molecule has 0 saturated carbocycles. The van der Waals surface area contributed by atoms with E-state index in [2.05, 4.69) is 15.0 Å². The van der Waals surface area contributed by atoms with Crippen LogP contribution in [0.5, 0.6) is 5.75 Å². The molecule has 0 aliphatic carbocycles. The zero-order chi connectivity index (χ0) is 22.3. The summed E-state index contributed by atoms with van der Waals surface area (Å²) in [6.45, 7) is 3.19. The lowest BCUT2D eigenvalue weighted by atomic mass is 10.2. The minimum absolute atomic E-state index is 0.307. The van der Waals surface area contributed by atoms with Gasteiger partial charge in [0.15, 0.2) is 28.9 Å². The highest BCUT2D eigenvalue weighted by Crippen LogP contribution is 2.30. The Kier molecular flexibility index (Phi) is 5.26. The summed E-state index contributed by atoms with van der Waals surface area (Å²) in [5, 5.41) is 0. The highest BCUT2D eigenvalue weighted by atomic mass is 19.2. The highest BCUT2D eigenvalue weighted by molar-refractivity contribution is 5.67. The zero-order valence-electron chi connectivity index (χ0n) is 17.4. The van der Waals surface area contributed by atoms with Gasteiger partial charge in [-0.2, -0.15) is 0 Å². The Bertz CT molecular complexity index is 1290. The molecule has 3 heterocycles. The summed E-state index contributed by atoms with van der Waals surface area (Å²) in [7, 11) is 3.77. The van der Waals surface area contributed by atoms with E-state index in [1.165, 1.54) is 0 Å². The summed E-state index contributed by atoms with van der Waals surface area (Å²) in [5.41, 5.74) is 2.12. The van der Waals surface area contributed by atoms with Crippen molar-refractivity contribution >= 4 is 11.5 Å². The number of hydrogen-bond donors (Lipinski definition) is 0. The van der Waals surface area contributed by atoms with Gasteiger partial charge in [0.25, 0.3) is 0 Å². The van der Waals surface area contributed by atoms with Crippen molar-refractivity contribution in [2.45, 2.75) is 20.5 Å². The largest absolute Gasteiger partial charge is 0.485 e. The fourth-order valence-electron chi connectivity index (χ4n) is 3.30. The van der Waals surface area contributed by atoms with Crippen LogP contribution in [0.3, 0.4) is 0 Å². The molecule has 4 rings (SSSR count). The molecule has 0 amide bonds. The van der Waals surface area contributed by atoms with Gasteiger partial charge < -0.3 is 9.64 Å². The molecule has 4 aromatic rings. The number of halogens is 3. The minimum atomic E-state index is -1.27. The molecule has 0 bridgehead atoms. The number of aryl methyl sites for hydroxylation is 2. The van der Waals surface area contributed by atoms with Crippen molar-refractivity contribution in [1.82, 2.24) is 19.4 Å². The van der Waals surface area contributed by atoms with Crippen LogP contribution in [0.15, 0.2) is 36.7 Å². The Morgan fingerprint density at radius 2 is 1.77 bits per heavy atom. The van der Waals surface area contributed by atoms with E-state index in [-0.39, 0.29) is 0 Å². The first-order valence-corrected chi connectivity index (χ1v) is 9.51. The van der Waals surface area contributed by atoms with Crippen LogP contribution in [0.25, 0.3) is 17.2 Å². The number of aromatic nitrogens is 4. The molecule has 6 nitrogen and oxygen atoms in total. The topological polar surface area (TPSA) is 55.6 Å². The Hall–Kier alpha value is -3.62. The van der Waals surface area contributed by atoms with Crippen LogP contribution in [0.2, 0.25) is 0 Å². The third kappa shape index (κ3) is 3.78. The van der Waals surface area contributed by atoms with Gasteiger partial charge in [-0.25, -0.2) is 28.1 Å². The molecule has 0 spiro atoms. The number of benzene rings is 1. The molecule has 0 unspecified atom stereocenters. The smallest absolute Gasteiger partial charge is 0.180 e. The van der Waals surface area contributed by atoms with Gasteiger partial charge >= 0.3 is 0 Å². The first-order valence-electron chi connectivity index (χ1n) is 9.51. The molecular formula is C22H20F3N5O. The van der Waals surface area contributed by atoms with Gasteiger partial charge in [-0.1, -0.05) is 0 Å². The van der Waals surface area contributed by atoms with Crippen LogP contribution < -0.4 is 9.64 Å². The zero-order valence-corrected chi connectivity index (χ0v) is 17.4. The third-order valence-electron chi connectivity index (χ3n) is 4.82. The lowest BCUT2D eigenvalue weighted by Crippen LogP contribution is -2.11. The normalized spacial score (nSPS) is 11.2. The molecular weight excluding hydrogens is 407 g/mol. The van der Waals surface area contributed by atoms with Crippen LogP contribution in [0.4, 0.5) is 19.0 Å². The first-order chi connectivity index (χ1) is 14.8. The van der Waals surface area contributed by atoms with Crippen molar-refractivity contribution in [1.29, 1.82) is 0 Å². The fraction of sp³-hybridized carbons (Fsp3) is 0.227. The molecule has 3 aromatic heterocycles. The van der Waals surface area contributed by atoms with Gasteiger partial charge in [-0.05, 0) is 43.7 Å². The predicted molar refractivity (Wildman–Crippen MR) is 111 cm³/mol. The average Bonchev–Trinajstić information content (AvgIpc) is 3.06. The first kappa shape index (κ1) is 20.6. The van der Waals surface area contributed by atoms with Crippen molar-refractivity contribution in [3.05, 3.63) is 70.9 Å². The number of hydrogen-bond acceptors (Lipinski definition) is 5. The predicted octanol–water partition coefficient (Wildman–Crippen LogP) is 4.47. The van der Waals surface area contributed by atoms with E-state index >= 15 is 0 Å². The number of fused-ring (bicyclic) bond motifs is 1. The monoisotopic (exact) mass is 427 g/mol. The van der Waals surface area contributed by atoms with Gasteiger partial charge in [0, 0.05) is 26.5 Å². The third-order valence-corrected chi connectivity index (χ3v) is 4.82. The van der Waals surface area contributed by atoms with Crippen molar-refractivity contribution < 1.29 is 17.9 Å². The van der Waals surface area contributed by atoms with E-state index in [0.29, 0.717) is 28.6 Å².